The van der Waals surface area contributed by atoms with Gasteiger partial charge in [-0.15, -0.1) is 21.8 Å². The van der Waals surface area contributed by atoms with Crippen LogP contribution in [0.1, 0.15) is 5.89 Å². The second-order valence-corrected chi connectivity index (χ2v) is 3.55. The van der Waals surface area contributed by atoms with E-state index < -0.39 is 4.92 Å². The van der Waals surface area contributed by atoms with Crippen molar-refractivity contribution in [1.82, 2.24) is 10.2 Å². The fourth-order valence-electron chi connectivity index (χ4n) is 1.39. The van der Waals surface area contributed by atoms with E-state index in [1.807, 2.05) is 0 Å². The molecule has 2 aromatic rings. The van der Waals surface area contributed by atoms with Gasteiger partial charge in [-0.1, -0.05) is 0 Å². The number of halogens is 1. The molecule has 7 nitrogen and oxygen atoms in total. The van der Waals surface area contributed by atoms with Crippen LogP contribution in [0.15, 0.2) is 22.6 Å². The fraction of sp³-hybridized carbons (Fsp3) is 0.200. The van der Waals surface area contributed by atoms with Gasteiger partial charge < -0.3 is 9.15 Å². The number of methoxy groups -OCH3 is 1. The van der Waals surface area contributed by atoms with Crippen LogP contribution in [-0.2, 0) is 5.88 Å². The van der Waals surface area contributed by atoms with Crippen LogP contribution in [0.3, 0.4) is 0 Å². The highest BCUT2D eigenvalue weighted by molar-refractivity contribution is 6.16. The average molecular weight is 270 g/mol. The Morgan fingerprint density at radius 3 is 2.83 bits per heavy atom. The maximum absolute atomic E-state index is 10.9. The molecule has 1 heterocycles. The Balaban J connectivity index is 2.46. The van der Waals surface area contributed by atoms with Crippen LogP contribution < -0.4 is 4.74 Å². The van der Waals surface area contributed by atoms with Crippen molar-refractivity contribution >= 4 is 17.3 Å². The molecule has 0 aliphatic carbocycles. The predicted molar refractivity (Wildman–Crippen MR) is 62.5 cm³/mol. The Morgan fingerprint density at radius 1 is 1.50 bits per heavy atom. The number of nitrogens with zero attached hydrogens (tertiary/aromatic N) is 3. The van der Waals surface area contributed by atoms with Crippen molar-refractivity contribution in [1.29, 1.82) is 0 Å². The molecule has 0 saturated heterocycles. The third-order valence-corrected chi connectivity index (χ3v) is 2.43. The van der Waals surface area contributed by atoms with E-state index in [9.17, 15) is 10.1 Å². The Kier molecular flexibility index (Phi) is 3.42. The van der Waals surface area contributed by atoms with Crippen LogP contribution in [0.2, 0.25) is 0 Å². The first kappa shape index (κ1) is 12.3. The zero-order chi connectivity index (χ0) is 13.1. The van der Waals surface area contributed by atoms with Crippen LogP contribution in [0.25, 0.3) is 11.5 Å². The van der Waals surface area contributed by atoms with Gasteiger partial charge in [-0.05, 0) is 12.1 Å². The summed E-state index contributed by atoms with van der Waals surface area (Å²) >= 11 is 5.53. The van der Waals surface area contributed by atoms with Gasteiger partial charge in [-0.2, -0.15) is 0 Å². The number of aromatic nitrogens is 2. The number of rotatable bonds is 4. The first-order valence-corrected chi connectivity index (χ1v) is 5.40. The molecular formula is C10H8ClN3O4. The van der Waals surface area contributed by atoms with E-state index in [1.54, 1.807) is 6.07 Å². The molecule has 0 atom stereocenters. The number of alkyl halides is 1. The SMILES string of the molecule is COc1ccc(-c2nnc(CCl)o2)cc1[N+](=O)[O-]. The molecule has 2 rings (SSSR count). The van der Waals surface area contributed by atoms with Crippen LogP contribution in [-0.4, -0.2) is 22.2 Å². The molecule has 0 aliphatic heterocycles. The molecule has 1 aromatic heterocycles. The summed E-state index contributed by atoms with van der Waals surface area (Å²) in [7, 11) is 1.36. The van der Waals surface area contributed by atoms with Gasteiger partial charge in [0.15, 0.2) is 5.75 Å². The Bertz CT molecular complexity index is 584. The summed E-state index contributed by atoms with van der Waals surface area (Å²) in [4.78, 5) is 10.3. The number of hydrogen-bond donors (Lipinski definition) is 0. The van der Waals surface area contributed by atoms with Gasteiger partial charge in [0.25, 0.3) is 0 Å². The fourth-order valence-corrected chi connectivity index (χ4v) is 1.50. The van der Waals surface area contributed by atoms with Crippen molar-refractivity contribution in [2.75, 3.05) is 7.11 Å². The predicted octanol–water partition coefficient (Wildman–Crippen LogP) is 2.39. The lowest BCUT2D eigenvalue weighted by Crippen LogP contribution is -1.94. The molecule has 8 heteroatoms. The standard InChI is InChI=1S/C10H8ClN3O4/c1-17-8-3-2-6(4-7(8)14(15)16)10-13-12-9(5-11)18-10/h2-4H,5H2,1H3. The van der Waals surface area contributed by atoms with Crippen LogP contribution >= 0.6 is 11.6 Å². The highest BCUT2D eigenvalue weighted by Gasteiger charge is 2.18. The molecular weight excluding hydrogens is 262 g/mol. The van der Waals surface area contributed by atoms with Crippen molar-refractivity contribution in [3.8, 4) is 17.2 Å². The zero-order valence-corrected chi connectivity index (χ0v) is 10.0. The molecule has 0 unspecified atom stereocenters. The highest BCUT2D eigenvalue weighted by atomic mass is 35.5. The van der Waals surface area contributed by atoms with E-state index in [4.69, 9.17) is 20.8 Å². The number of benzene rings is 1. The summed E-state index contributed by atoms with van der Waals surface area (Å²) in [6.07, 6.45) is 0. The van der Waals surface area contributed by atoms with Gasteiger partial charge in [0.2, 0.25) is 11.8 Å². The molecule has 0 saturated carbocycles. The van der Waals surface area contributed by atoms with Crippen molar-refractivity contribution in [2.24, 2.45) is 0 Å². The Morgan fingerprint density at radius 2 is 2.28 bits per heavy atom. The summed E-state index contributed by atoms with van der Waals surface area (Å²) in [5.74, 6) is 0.688. The smallest absolute Gasteiger partial charge is 0.311 e. The summed E-state index contributed by atoms with van der Waals surface area (Å²) in [6.45, 7) is 0. The maximum Gasteiger partial charge on any atom is 0.311 e. The van der Waals surface area contributed by atoms with Gasteiger partial charge >= 0.3 is 5.69 Å². The van der Waals surface area contributed by atoms with Gasteiger partial charge in [-0.25, -0.2) is 0 Å². The third kappa shape index (κ3) is 2.25. The molecule has 0 fully saturated rings. The lowest BCUT2D eigenvalue weighted by atomic mass is 10.2. The van der Waals surface area contributed by atoms with E-state index in [2.05, 4.69) is 10.2 Å². The first-order chi connectivity index (χ1) is 8.65. The van der Waals surface area contributed by atoms with E-state index in [0.29, 0.717) is 5.56 Å². The molecule has 94 valence electrons. The molecule has 0 amide bonds. The van der Waals surface area contributed by atoms with Crippen LogP contribution in [0, 0.1) is 10.1 Å². The van der Waals surface area contributed by atoms with Gasteiger partial charge in [0.1, 0.15) is 5.88 Å². The van der Waals surface area contributed by atoms with Crippen molar-refractivity contribution in [3.05, 3.63) is 34.2 Å². The second kappa shape index (κ2) is 5.01. The second-order valence-electron chi connectivity index (χ2n) is 3.28. The summed E-state index contributed by atoms with van der Waals surface area (Å²) in [5.41, 5.74) is 0.270. The number of ether oxygens (including phenoxy) is 1. The number of nitro groups is 1. The number of nitro benzene ring substituents is 1. The molecule has 0 spiro atoms. The van der Waals surface area contributed by atoms with Gasteiger partial charge in [-0.3, -0.25) is 10.1 Å². The lowest BCUT2D eigenvalue weighted by molar-refractivity contribution is -0.385. The van der Waals surface area contributed by atoms with E-state index in [1.165, 1.54) is 19.2 Å². The molecule has 0 N–H and O–H groups in total. The Labute approximate surface area is 106 Å². The molecule has 0 radical (unpaired) electrons. The summed E-state index contributed by atoms with van der Waals surface area (Å²) in [5, 5.41) is 18.3. The van der Waals surface area contributed by atoms with Crippen LogP contribution in [0.4, 0.5) is 5.69 Å². The Hall–Kier alpha value is -2.15. The van der Waals surface area contributed by atoms with Crippen molar-refractivity contribution < 1.29 is 14.1 Å². The van der Waals surface area contributed by atoms with Crippen LogP contribution in [0.5, 0.6) is 5.75 Å². The largest absolute Gasteiger partial charge is 0.490 e. The minimum atomic E-state index is -0.541. The third-order valence-electron chi connectivity index (χ3n) is 2.20. The van der Waals surface area contributed by atoms with Gasteiger partial charge in [0.05, 0.1) is 12.0 Å². The topological polar surface area (TPSA) is 91.3 Å². The molecule has 18 heavy (non-hydrogen) atoms. The molecule has 0 aliphatic rings. The monoisotopic (exact) mass is 269 g/mol. The lowest BCUT2D eigenvalue weighted by Gasteiger charge is -2.02. The van der Waals surface area contributed by atoms with Crippen molar-refractivity contribution in [3.63, 3.8) is 0 Å². The molecule has 1 aromatic carbocycles. The highest BCUT2D eigenvalue weighted by Crippen LogP contribution is 2.31. The minimum Gasteiger partial charge on any atom is -0.490 e. The first-order valence-electron chi connectivity index (χ1n) is 4.87. The van der Waals surface area contributed by atoms with E-state index in [-0.39, 0.29) is 29.1 Å². The van der Waals surface area contributed by atoms with Gasteiger partial charge in [0, 0.05) is 11.6 Å². The van der Waals surface area contributed by atoms with E-state index >= 15 is 0 Å². The average Bonchev–Trinajstić information content (AvgIpc) is 2.86. The minimum absolute atomic E-state index is 0.0885. The number of hydrogen-bond acceptors (Lipinski definition) is 6. The van der Waals surface area contributed by atoms with E-state index in [0.717, 1.165) is 0 Å². The summed E-state index contributed by atoms with van der Waals surface area (Å²) < 4.78 is 10.1. The normalized spacial score (nSPS) is 10.3. The maximum atomic E-state index is 10.9. The zero-order valence-electron chi connectivity index (χ0n) is 9.29. The van der Waals surface area contributed by atoms with Crippen molar-refractivity contribution in [2.45, 2.75) is 5.88 Å². The quantitative estimate of drug-likeness (QED) is 0.481. The summed E-state index contributed by atoms with van der Waals surface area (Å²) in [6, 6.07) is 4.37. The molecule has 0 bridgehead atoms.